The highest BCUT2D eigenvalue weighted by Gasteiger charge is 2.17. The van der Waals surface area contributed by atoms with Gasteiger partial charge in [-0.05, 0) is 31.9 Å². The Hall–Kier alpha value is -1.94. The van der Waals surface area contributed by atoms with Gasteiger partial charge in [-0.3, -0.25) is 9.48 Å². The number of carbonyl (C=O) groups excluding carboxylic acids is 1. The van der Waals surface area contributed by atoms with Crippen molar-refractivity contribution in [2.75, 3.05) is 0 Å². The van der Waals surface area contributed by atoms with Crippen LogP contribution in [0.25, 0.3) is 0 Å². The molecule has 0 aliphatic carbocycles. The summed E-state index contributed by atoms with van der Waals surface area (Å²) in [7, 11) is 0. The van der Waals surface area contributed by atoms with Crippen LogP contribution in [0.2, 0.25) is 0 Å². The van der Waals surface area contributed by atoms with Crippen LogP contribution in [-0.4, -0.2) is 21.6 Å². The van der Waals surface area contributed by atoms with E-state index >= 15 is 0 Å². The normalized spacial score (nSPS) is 12.3. The summed E-state index contributed by atoms with van der Waals surface area (Å²) in [5.74, 6) is 0.0588. The van der Waals surface area contributed by atoms with Gasteiger partial charge >= 0.3 is 0 Å². The number of aromatic nitrogens is 2. The molecule has 106 valence electrons. The second-order valence-corrected chi connectivity index (χ2v) is 5.03. The fourth-order valence-electron chi connectivity index (χ4n) is 2.31. The summed E-state index contributed by atoms with van der Waals surface area (Å²) in [5.41, 5.74) is 8.99. The maximum atomic E-state index is 12.2. The van der Waals surface area contributed by atoms with Gasteiger partial charge in [0.2, 0.25) is 0 Å². The van der Waals surface area contributed by atoms with Crippen molar-refractivity contribution >= 4 is 5.78 Å². The molecule has 0 spiro atoms. The average molecular weight is 271 g/mol. The summed E-state index contributed by atoms with van der Waals surface area (Å²) in [6.45, 7) is 4.72. The number of hydrogen-bond acceptors (Lipinski definition) is 3. The molecule has 4 nitrogen and oxygen atoms in total. The average Bonchev–Trinajstić information content (AvgIpc) is 2.79. The predicted molar refractivity (Wildman–Crippen MR) is 79.5 cm³/mol. The molecule has 2 N–H and O–H groups in total. The lowest BCUT2D eigenvalue weighted by molar-refractivity contribution is -0.119. The molecule has 20 heavy (non-hydrogen) atoms. The van der Waals surface area contributed by atoms with Gasteiger partial charge in [0.05, 0.1) is 18.2 Å². The van der Waals surface area contributed by atoms with E-state index in [1.807, 2.05) is 54.9 Å². The molecular formula is C16H21N3O. The molecule has 1 aromatic carbocycles. The number of Topliss-reactive ketones (excluding diaryl/α,β-unsaturated/α-hetero) is 1. The maximum Gasteiger partial charge on any atom is 0.155 e. The second kappa shape index (κ2) is 6.48. The predicted octanol–water partition coefficient (Wildman–Crippen LogP) is 1.89. The molecule has 1 atom stereocenters. The number of aryl methyl sites for hydroxylation is 2. The first-order valence-corrected chi connectivity index (χ1v) is 6.95. The first kappa shape index (κ1) is 14.5. The summed E-state index contributed by atoms with van der Waals surface area (Å²) in [6, 6.07) is 11.4. The lowest BCUT2D eigenvalue weighted by atomic mass is 10.0. The number of ketones is 1. The highest BCUT2D eigenvalue weighted by molar-refractivity contribution is 5.85. The first-order valence-electron chi connectivity index (χ1n) is 6.95. The van der Waals surface area contributed by atoms with Crippen LogP contribution in [0.15, 0.2) is 36.4 Å². The molecule has 1 aromatic heterocycles. The highest BCUT2D eigenvalue weighted by Crippen LogP contribution is 2.08. The van der Waals surface area contributed by atoms with E-state index in [1.165, 1.54) is 0 Å². The van der Waals surface area contributed by atoms with Gasteiger partial charge in [0, 0.05) is 12.2 Å². The fourth-order valence-corrected chi connectivity index (χ4v) is 2.31. The Labute approximate surface area is 119 Å². The van der Waals surface area contributed by atoms with E-state index in [4.69, 9.17) is 5.73 Å². The molecule has 0 bridgehead atoms. The van der Waals surface area contributed by atoms with Crippen LogP contribution in [0.3, 0.4) is 0 Å². The summed E-state index contributed by atoms with van der Waals surface area (Å²) in [4.78, 5) is 12.2. The summed E-state index contributed by atoms with van der Waals surface area (Å²) in [5, 5.41) is 4.35. The third kappa shape index (κ3) is 3.54. The van der Waals surface area contributed by atoms with E-state index in [0.29, 0.717) is 12.8 Å². The maximum absolute atomic E-state index is 12.2. The number of nitrogens with two attached hydrogens (primary N) is 1. The molecule has 0 saturated carbocycles. The van der Waals surface area contributed by atoms with Crippen molar-refractivity contribution in [1.82, 2.24) is 9.78 Å². The Balaban J connectivity index is 2.00. The molecule has 1 heterocycles. The molecule has 0 aliphatic rings. The molecule has 0 fully saturated rings. The van der Waals surface area contributed by atoms with Crippen LogP contribution in [-0.2, 0) is 24.2 Å². The van der Waals surface area contributed by atoms with Gasteiger partial charge in [-0.15, -0.1) is 0 Å². The van der Waals surface area contributed by atoms with Crippen LogP contribution in [0, 0.1) is 6.92 Å². The molecule has 0 saturated heterocycles. The van der Waals surface area contributed by atoms with Gasteiger partial charge in [0.25, 0.3) is 0 Å². The smallest absolute Gasteiger partial charge is 0.155 e. The Morgan fingerprint density at radius 2 is 2.05 bits per heavy atom. The first-order chi connectivity index (χ1) is 9.60. The van der Waals surface area contributed by atoms with Crippen molar-refractivity contribution in [2.24, 2.45) is 5.73 Å². The monoisotopic (exact) mass is 271 g/mol. The third-order valence-electron chi connectivity index (χ3n) is 3.35. The van der Waals surface area contributed by atoms with Crippen molar-refractivity contribution in [3.8, 4) is 0 Å². The van der Waals surface area contributed by atoms with Crippen LogP contribution in [0.1, 0.15) is 23.9 Å². The molecule has 0 aliphatic heterocycles. The number of hydrogen-bond donors (Lipinski definition) is 1. The molecule has 4 heteroatoms. The van der Waals surface area contributed by atoms with Crippen LogP contribution >= 0.6 is 0 Å². The molecule has 0 amide bonds. The topological polar surface area (TPSA) is 60.9 Å². The van der Waals surface area contributed by atoms with Crippen molar-refractivity contribution in [3.05, 3.63) is 53.3 Å². The molecular weight excluding hydrogens is 250 g/mol. The zero-order valence-corrected chi connectivity index (χ0v) is 12.0. The zero-order chi connectivity index (χ0) is 14.5. The Kier molecular flexibility index (Phi) is 4.69. The minimum Gasteiger partial charge on any atom is -0.321 e. The number of benzene rings is 1. The standard InChI is InChI=1S/C16H21N3O/c1-3-19-14(9-12(2)18-19)11-16(20)15(17)10-13-7-5-4-6-8-13/h4-9,15H,3,10-11,17H2,1-2H3. The Bertz CT molecular complexity index is 575. The van der Waals surface area contributed by atoms with Crippen LogP contribution in [0.5, 0.6) is 0 Å². The van der Waals surface area contributed by atoms with Crippen LogP contribution in [0.4, 0.5) is 0 Å². The summed E-state index contributed by atoms with van der Waals surface area (Å²) >= 11 is 0. The van der Waals surface area contributed by atoms with Crippen molar-refractivity contribution < 1.29 is 4.79 Å². The van der Waals surface area contributed by atoms with E-state index in [1.54, 1.807) is 0 Å². The molecule has 2 aromatic rings. The quantitative estimate of drug-likeness (QED) is 0.872. The van der Waals surface area contributed by atoms with E-state index in [-0.39, 0.29) is 5.78 Å². The molecule has 0 radical (unpaired) electrons. The largest absolute Gasteiger partial charge is 0.321 e. The minimum atomic E-state index is -0.460. The zero-order valence-electron chi connectivity index (χ0n) is 12.0. The number of carbonyl (C=O) groups is 1. The Morgan fingerprint density at radius 1 is 1.35 bits per heavy atom. The third-order valence-corrected chi connectivity index (χ3v) is 3.35. The van der Waals surface area contributed by atoms with Gasteiger partial charge < -0.3 is 5.73 Å². The van der Waals surface area contributed by atoms with E-state index in [0.717, 1.165) is 23.5 Å². The van der Waals surface area contributed by atoms with E-state index < -0.39 is 6.04 Å². The summed E-state index contributed by atoms with van der Waals surface area (Å²) < 4.78 is 1.86. The van der Waals surface area contributed by atoms with Gasteiger partial charge in [0.15, 0.2) is 5.78 Å². The lowest BCUT2D eigenvalue weighted by Crippen LogP contribution is -2.34. The summed E-state index contributed by atoms with van der Waals surface area (Å²) in [6.07, 6.45) is 0.932. The van der Waals surface area contributed by atoms with Crippen LogP contribution < -0.4 is 5.73 Å². The van der Waals surface area contributed by atoms with Gasteiger partial charge in [0.1, 0.15) is 0 Å². The van der Waals surface area contributed by atoms with Gasteiger partial charge in [-0.1, -0.05) is 30.3 Å². The highest BCUT2D eigenvalue weighted by atomic mass is 16.1. The van der Waals surface area contributed by atoms with Gasteiger partial charge in [-0.2, -0.15) is 5.10 Å². The Morgan fingerprint density at radius 3 is 2.70 bits per heavy atom. The van der Waals surface area contributed by atoms with E-state index in [9.17, 15) is 4.79 Å². The fraction of sp³-hybridized carbons (Fsp3) is 0.375. The van der Waals surface area contributed by atoms with Gasteiger partial charge in [-0.25, -0.2) is 0 Å². The number of rotatable bonds is 6. The van der Waals surface area contributed by atoms with Crippen molar-refractivity contribution in [2.45, 2.75) is 39.3 Å². The lowest BCUT2D eigenvalue weighted by Gasteiger charge is -2.11. The van der Waals surface area contributed by atoms with Crippen molar-refractivity contribution in [1.29, 1.82) is 0 Å². The number of nitrogens with zero attached hydrogens (tertiary/aromatic N) is 2. The second-order valence-electron chi connectivity index (χ2n) is 5.03. The SMILES string of the molecule is CCn1nc(C)cc1CC(=O)C(N)Cc1ccccc1. The molecule has 1 unspecified atom stereocenters. The minimum absolute atomic E-state index is 0.0588. The van der Waals surface area contributed by atoms with E-state index in [2.05, 4.69) is 5.10 Å². The molecule has 2 rings (SSSR count). The van der Waals surface area contributed by atoms with Crippen molar-refractivity contribution in [3.63, 3.8) is 0 Å².